The van der Waals surface area contributed by atoms with E-state index in [0.717, 1.165) is 12.1 Å². The number of rotatable bonds is 5. The second-order valence-corrected chi connectivity index (χ2v) is 11.0. The summed E-state index contributed by atoms with van der Waals surface area (Å²) in [4.78, 5) is 14.0. The largest absolute Gasteiger partial charge is 0.339 e. The molecule has 0 radical (unpaired) electrons. The number of likely N-dealkylation sites (tertiary alicyclic amines) is 1. The molecule has 29 heavy (non-hydrogen) atoms. The zero-order valence-corrected chi connectivity index (χ0v) is 17.3. The maximum absolute atomic E-state index is 13.3. The van der Waals surface area contributed by atoms with Crippen molar-refractivity contribution in [2.24, 2.45) is 0 Å². The Morgan fingerprint density at radius 2 is 1.66 bits per heavy atom. The van der Waals surface area contributed by atoms with Gasteiger partial charge < -0.3 is 4.90 Å². The first-order chi connectivity index (χ1) is 13.6. The maximum Gasteiger partial charge on any atom is 0.261 e. The third-order valence-electron chi connectivity index (χ3n) is 4.83. The van der Waals surface area contributed by atoms with Crippen molar-refractivity contribution >= 4 is 31.5 Å². The van der Waals surface area contributed by atoms with Gasteiger partial charge in [0.15, 0.2) is 0 Å². The molecule has 2 aromatic rings. The Morgan fingerprint density at radius 3 is 2.21 bits per heavy atom. The number of carbonyl (C=O) groups is 1. The summed E-state index contributed by atoms with van der Waals surface area (Å²) in [5, 5.41) is -0.425. The van der Waals surface area contributed by atoms with Crippen LogP contribution >= 0.6 is 0 Å². The van der Waals surface area contributed by atoms with Crippen LogP contribution in [0.3, 0.4) is 0 Å². The Morgan fingerprint density at radius 1 is 1.03 bits per heavy atom. The molecular weight excluding hydrogens is 419 g/mol. The minimum atomic E-state index is -3.95. The van der Waals surface area contributed by atoms with Gasteiger partial charge in [-0.1, -0.05) is 6.07 Å². The van der Waals surface area contributed by atoms with E-state index in [-0.39, 0.29) is 16.5 Å². The van der Waals surface area contributed by atoms with Gasteiger partial charge in [-0.25, -0.2) is 21.2 Å². The Hall–Kier alpha value is -2.46. The van der Waals surface area contributed by atoms with Gasteiger partial charge in [0.05, 0.1) is 10.1 Å². The molecule has 156 valence electrons. The Bertz CT molecular complexity index is 1110. The molecule has 0 aromatic heterocycles. The van der Waals surface area contributed by atoms with Crippen LogP contribution in [0.1, 0.15) is 23.2 Å². The molecule has 1 aliphatic rings. The number of nitrogens with zero attached hydrogens (tertiary/aromatic N) is 1. The third kappa shape index (κ3) is 5.13. The molecule has 1 heterocycles. The van der Waals surface area contributed by atoms with Crippen molar-refractivity contribution in [3.63, 3.8) is 0 Å². The van der Waals surface area contributed by atoms with E-state index in [1.54, 1.807) is 4.90 Å². The molecule has 0 bridgehead atoms. The minimum absolute atomic E-state index is 0.202. The van der Waals surface area contributed by atoms with E-state index in [1.165, 1.54) is 42.7 Å². The van der Waals surface area contributed by atoms with Crippen LogP contribution in [0.5, 0.6) is 0 Å². The number of benzene rings is 2. The fraction of sp³-hybridized carbons (Fsp3) is 0.316. The molecule has 7 nitrogen and oxygen atoms in total. The molecule has 1 amide bonds. The molecule has 0 aliphatic carbocycles. The second-order valence-electron chi connectivity index (χ2n) is 6.96. The van der Waals surface area contributed by atoms with Crippen molar-refractivity contribution < 1.29 is 26.0 Å². The van der Waals surface area contributed by atoms with Gasteiger partial charge in [-0.2, -0.15) is 0 Å². The van der Waals surface area contributed by atoms with Crippen LogP contribution in [0.4, 0.5) is 10.1 Å². The highest BCUT2D eigenvalue weighted by Crippen LogP contribution is 2.21. The van der Waals surface area contributed by atoms with E-state index < -0.39 is 30.9 Å². The first-order valence-corrected chi connectivity index (χ1v) is 12.4. The summed E-state index contributed by atoms with van der Waals surface area (Å²) in [5.74, 6) is -0.898. The molecule has 0 spiro atoms. The lowest BCUT2D eigenvalue weighted by Gasteiger charge is -2.31. The van der Waals surface area contributed by atoms with Gasteiger partial charge in [0, 0.05) is 30.6 Å². The topological polar surface area (TPSA) is 101 Å². The summed E-state index contributed by atoms with van der Waals surface area (Å²) < 4.78 is 63.5. The number of hydrogen-bond donors (Lipinski definition) is 1. The van der Waals surface area contributed by atoms with Gasteiger partial charge in [-0.05, 0) is 55.3 Å². The molecule has 1 fully saturated rings. The van der Waals surface area contributed by atoms with Crippen LogP contribution in [0.2, 0.25) is 0 Å². The molecule has 0 saturated carbocycles. The quantitative estimate of drug-likeness (QED) is 0.769. The maximum atomic E-state index is 13.3. The predicted molar refractivity (Wildman–Crippen MR) is 107 cm³/mol. The Kier molecular flexibility index (Phi) is 5.95. The second kappa shape index (κ2) is 8.11. The normalized spacial score (nSPS) is 15.9. The number of halogens is 1. The third-order valence-corrected chi connectivity index (χ3v) is 7.89. The zero-order valence-electron chi connectivity index (χ0n) is 15.7. The first kappa shape index (κ1) is 21.3. The van der Waals surface area contributed by atoms with Crippen LogP contribution in [0.15, 0.2) is 53.4 Å². The highest BCUT2D eigenvalue weighted by atomic mass is 32.2. The number of amides is 1. The summed E-state index contributed by atoms with van der Waals surface area (Å²) in [6.07, 6.45) is 2.00. The van der Waals surface area contributed by atoms with Gasteiger partial charge in [0.1, 0.15) is 15.7 Å². The van der Waals surface area contributed by atoms with Crippen molar-refractivity contribution in [2.75, 3.05) is 24.1 Å². The average molecular weight is 441 g/mol. The summed E-state index contributed by atoms with van der Waals surface area (Å²) in [5.41, 5.74) is 0.609. The van der Waals surface area contributed by atoms with E-state index in [2.05, 4.69) is 4.72 Å². The van der Waals surface area contributed by atoms with Gasteiger partial charge in [0.25, 0.3) is 15.9 Å². The SMILES string of the molecule is CS(=O)(=O)C1CCN(C(=O)c2ccc(NS(=O)(=O)c3cccc(F)c3)cc2)CC1. The summed E-state index contributed by atoms with van der Waals surface area (Å²) in [6, 6.07) is 10.5. The number of sulfonamides is 1. The van der Waals surface area contributed by atoms with Gasteiger partial charge in [0.2, 0.25) is 0 Å². The first-order valence-electron chi connectivity index (χ1n) is 8.93. The summed E-state index contributed by atoms with van der Waals surface area (Å²) in [7, 11) is -7.07. The molecule has 10 heteroatoms. The van der Waals surface area contributed by atoms with Crippen molar-refractivity contribution in [2.45, 2.75) is 23.0 Å². The summed E-state index contributed by atoms with van der Waals surface area (Å²) in [6.45, 7) is 0.703. The van der Waals surface area contributed by atoms with Crippen molar-refractivity contribution in [1.29, 1.82) is 0 Å². The molecular formula is C19H21FN2O5S2. The van der Waals surface area contributed by atoms with E-state index in [0.29, 0.717) is 31.5 Å². The fourth-order valence-electron chi connectivity index (χ4n) is 3.20. The van der Waals surface area contributed by atoms with Crippen LogP contribution in [-0.2, 0) is 19.9 Å². The monoisotopic (exact) mass is 440 g/mol. The molecule has 1 aliphatic heterocycles. The number of piperidine rings is 1. The number of carbonyl (C=O) groups excluding carboxylic acids is 1. The fourth-order valence-corrected chi connectivity index (χ4v) is 5.36. The molecule has 1 saturated heterocycles. The van der Waals surface area contributed by atoms with Crippen molar-refractivity contribution in [1.82, 2.24) is 4.90 Å². The highest BCUT2D eigenvalue weighted by molar-refractivity contribution is 7.92. The van der Waals surface area contributed by atoms with Gasteiger partial charge >= 0.3 is 0 Å². The van der Waals surface area contributed by atoms with Gasteiger partial charge in [-0.3, -0.25) is 9.52 Å². The summed E-state index contributed by atoms with van der Waals surface area (Å²) >= 11 is 0. The van der Waals surface area contributed by atoms with Crippen LogP contribution in [0.25, 0.3) is 0 Å². The molecule has 2 aromatic carbocycles. The Balaban J connectivity index is 1.67. The molecule has 0 atom stereocenters. The van der Waals surface area contributed by atoms with E-state index in [9.17, 15) is 26.0 Å². The van der Waals surface area contributed by atoms with Crippen LogP contribution < -0.4 is 4.72 Å². The lowest BCUT2D eigenvalue weighted by Crippen LogP contribution is -2.42. The van der Waals surface area contributed by atoms with Crippen molar-refractivity contribution in [3.8, 4) is 0 Å². The number of nitrogens with one attached hydrogen (secondary N) is 1. The minimum Gasteiger partial charge on any atom is -0.339 e. The van der Waals surface area contributed by atoms with Crippen molar-refractivity contribution in [3.05, 3.63) is 59.9 Å². The van der Waals surface area contributed by atoms with Crippen LogP contribution in [-0.4, -0.2) is 52.2 Å². The number of hydrogen-bond acceptors (Lipinski definition) is 5. The molecule has 3 rings (SSSR count). The number of anilines is 1. The predicted octanol–water partition coefficient (Wildman–Crippen LogP) is 2.28. The molecule has 1 N–H and O–H groups in total. The van der Waals surface area contributed by atoms with E-state index in [4.69, 9.17) is 0 Å². The molecule has 0 unspecified atom stereocenters. The van der Waals surface area contributed by atoms with E-state index >= 15 is 0 Å². The lowest BCUT2D eigenvalue weighted by molar-refractivity contribution is 0.0726. The highest BCUT2D eigenvalue weighted by Gasteiger charge is 2.29. The standard InChI is InChI=1S/C19H21FN2O5S2/c1-28(24,25)17-9-11-22(12-10-17)19(23)14-5-7-16(8-6-14)21-29(26,27)18-4-2-3-15(20)13-18/h2-8,13,17,21H,9-12H2,1H3. The lowest BCUT2D eigenvalue weighted by atomic mass is 10.1. The number of sulfone groups is 1. The van der Waals surface area contributed by atoms with E-state index in [1.807, 2.05) is 0 Å². The van der Waals surface area contributed by atoms with Gasteiger partial charge in [-0.15, -0.1) is 0 Å². The smallest absolute Gasteiger partial charge is 0.261 e. The zero-order chi connectivity index (χ0) is 21.2. The Labute approximate surface area is 169 Å². The van der Waals surface area contributed by atoms with Crippen LogP contribution in [0, 0.1) is 5.82 Å². The average Bonchev–Trinajstić information content (AvgIpc) is 2.67.